The summed E-state index contributed by atoms with van der Waals surface area (Å²) in [5.74, 6) is 0.742. The Bertz CT molecular complexity index is 304. The van der Waals surface area contributed by atoms with Crippen LogP contribution in [0.3, 0.4) is 0 Å². The fraction of sp³-hybridized carbons (Fsp3) is 0.917. The van der Waals surface area contributed by atoms with E-state index in [-0.39, 0.29) is 12.0 Å². The Morgan fingerprint density at radius 3 is 3.00 bits per heavy atom. The van der Waals surface area contributed by atoms with E-state index in [1.165, 1.54) is 0 Å². The Kier molecular flexibility index (Phi) is 3.06. The van der Waals surface area contributed by atoms with Gasteiger partial charge in [0.1, 0.15) is 0 Å². The first kappa shape index (κ1) is 11.4. The first-order chi connectivity index (χ1) is 8.27. The lowest BCUT2D eigenvalue weighted by Crippen LogP contribution is -2.51. The molecule has 0 aliphatic carbocycles. The molecule has 3 rings (SSSR count). The first-order valence-electron chi connectivity index (χ1n) is 6.49. The van der Waals surface area contributed by atoms with Gasteiger partial charge in [0.15, 0.2) is 6.10 Å². The number of carbonyl (C=O) groups is 1. The van der Waals surface area contributed by atoms with Gasteiger partial charge in [0.25, 0.3) is 5.91 Å². The summed E-state index contributed by atoms with van der Waals surface area (Å²) in [6.07, 6.45) is 0.724. The maximum absolute atomic E-state index is 12.4. The maximum Gasteiger partial charge on any atom is 0.254 e. The van der Waals surface area contributed by atoms with Crippen molar-refractivity contribution in [2.24, 2.45) is 5.92 Å². The fourth-order valence-electron chi connectivity index (χ4n) is 3.34. The van der Waals surface area contributed by atoms with Crippen molar-refractivity contribution in [1.82, 2.24) is 10.2 Å². The van der Waals surface area contributed by atoms with Crippen LogP contribution in [0.15, 0.2) is 0 Å². The second-order valence-corrected chi connectivity index (χ2v) is 5.25. The van der Waals surface area contributed by atoms with E-state index in [1.54, 1.807) is 0 Å². The number of hydrogen-bond donors (Lipinski definition) is 1. The van der Waals surface area contributed by atoms with Crippen LogP contribution in [0.4, 0.5) is 0 Å². The highest BCUT2D eigenvalue weighted by molar-refractivity contribution is 5.82. The van der Waals surface area contributed by atoms with Gasteiger partial charge in [-0.3, -0.25) is 4.79 Å². The summed E-state index contributed by atoms with van der Waals surface area (Å²) in [6, 6.07) is 0.702. The van der Waals surface area contributed by atoms with Gasteiger partial charge in [-0.15, -0.1) is 0 Å². The Balaban J connectivity index is 1.71. The maximum atomic E-state index is 12.4. The van der Waals surface area contributed by atoms with Gasteiger partial charge in [-0.25, -0.2) is 0 Å². The molecule has 3 heterocycles. The highest BCUT2D eigenvalue weighted by Gasteiger charge is 2.46. The van der Waals surface area contributed by atoms with Crippen LogP contribution in [0, 0.1) is 5.92 Å². The van der Waals surface area contributed by atoms with Crippen LogP contribution in [-0.2, 0) is 14.3 Å². The van der Waals surface area contributed by atoms with E-state index in [2.05, 4.69) is 12.2 Å². The molecule has 5 nitrogen and oxygen atoms in total. The van der Waals surface area contributed by atoms with Crippen molar-refractivity contribution in [2.45, 2.75) is 31.5 Å². The molecule has 0 radical (unpaired) electrons. The molecule has 3 saturated heterocycles. The summed E-state index contributed by atoms with van der Waals surface area (Å²) in [6.45, 7) is 5.65. The van der Waals surface area contributed by atoms with Gasteiger partial charge in [0.2, 0.25) is 0 Å². The number of rotatable bonds is 1. The van der Waals surface area contributed by atoms with Crippen molar-refractivity contribution in [3.63, 3.8) is 0 Å². The van der Waals surface area contributed by atoms with E-state index in [0.29, 0.717) is 37.8 Å². The number of amides is 1. The summed E-state index contributed by atoms with van der Waals surface area (Å²) in [5, 5.41) is 3.37. The van der Waals surface area contributed by atoms with Crippen LogP contribution in [0.1, 0.15) is 13.3 Å². The monoisotopic (exact) mass is 240 g/mol. The van der Waals surface area contributed by atoms with Crippen LogP contribution in [0.5, 0.6) is 0 Å². The molecule has 1 amide bonds. The molecule has 17 heavy (non-hydrogen) atoms. The van der Waals surface area contributed by atoms with Gasteiger partial charge in [-0.05, 0) is 19.3 Å². The zero-order chi connectivity index (χ0) is 11.8. The topological polar surface area (TPSA) is 50.8 Å². The quantitative estimate of drug-likeness (QED) is 0.678. The van der Waals surface area contributed by atoms with Crippen LogP contribution < -0.4 is 5.32 Å². The van der Waals surface area contributed by atoms with Crippen molar-refractivity contribution >= 4 is 5.91 Å². The van der Waals surface area contributed by atoms with Crippen molar-refractivity contribution in [2.75, 3.05) is 32.9 Å². The summed E-state index contributed by atoms with van der Waals surface area (Å²) >= 11 is 0. The summed E-state index contributed by atoms with van der Waals surface area (Å²) in [5.41, 5.74) is 0. The third-order valence-corrected chi connectivity index (χ3v) is 4.13. The minimum atomic E-state index is -0.384. The van der Waals surface area contributed by atoms with E-state index >= 15 is 0 Å². The molecule has 4 unspecified atom stereocenters. The van der Waals surface area contributed by atoms with Gasteiger partial charge in [-0.2, -0.15) is 0 Å². The normalized spacial score (nSPS) is 41.6. The summed E-state index contributed by atoms with van der Waals surface area (Å²) < 4.78 is 10.8. The number of hydrogen-bond acceptors (Lipinski definition) is 4. The molecule has 0 aromatic rings. The Morgan fingerprint density at radius 2 is 2.24 bits per heavy atom. The summed E-state index contributed by atoms with van der Waals surface area (Å²) in [4.78, 5) is 14.5. The smallest absolute Gasteiger partial charge is 0.254 e. The zero-order valence-corrected chi connectivity index (χ0v) is 10.2. The van der Waals surface area contributed by atoms with E-state index in [1.807, 2.05) is 4.90 Å². The van der Waals surface area contributed by atoms with E-state index in [0.717, 1.165) is 19.5 Å². The Morgan fingerprint density at radius 1 is 1.35 bits per heavy atom. The molecule has 3 aliphatic rings. The third-order valence-electron chi connectivity index (χ3n) is 4.13. The third kappa shape index (κ3) is 1.96. The molecular formula is C12H20N2O3. The molecule has 3 fully saturated rings. The fourth-order valence-corrected chi connectivity index (χ4v) is 3.34. The number of fused-ring (bicyclic) bond motifs is 1. The lowest BCUT2D eigenvalue weighted by atomic mass is 10.0. The second-order valence-electron chi connectivity index (χ2n) is 5.25. The SMILES string of the molecule is CC1CC2CNCC2N1C(=O)C1COCCO1. The van der Waals surface area contributed by atoms with Crippen LogP contribution >= 0.6 is 0 Å². The zero-order valence-electron chi connectivity index (χ0n) is 10.2. The molecule has 0 spiro atoms. The van der Waals surface area contributed by atoms with Gasteiger partial charge in [-0.1, -0.05) is 0 Å². The first-order valence-corrected chi connectivity index (χ1v) is 6.49. The van der Waals surface area contributed by atoms with Gasteiger partial charge < -0.3 is 19.7 Å². The molecule has 3 aliphatic heterocycles. The molecule has 5 heteroatoms. The molecule has 0 aromatic heterocycles. The van der Waals surface area contributed by atoms with Crippen LogP contribution in [0.2, 0.25) is 0 Å². The van der Waals surface area contributed by atoms with E-state index in [9.17, 15) is 4.79 Å². The molecule has 96 valence electrons. The second kappa shape index (κ2) is 4.55. The highest BCUT2D eigenvalue weighted by atomic mass is 16.6. The van der Waals surface area contributed by atoms with Crippen LogP contribution in [0.25, 0.3) is 0 Å². The van der Waals surface area contributed by atoms with Gasteiger partial charge in [0, 0.05) is 25.2 Å². The predicted octanol–water partition coefficient (Wildman–Crippen LogP) is -0.389. The molecule has 4 atom stereocenters. The predicted molar refractivity (Wildman–Crippen MR) is 61.6 cm³/mol. The minimum absolute atomic E-state index is 0.119. The summed E-state index contributed by atoms with van der Waals surface area (Å²) in [7, 11) is 0. The van der Waals surface area contributed by atoms with E-state index in [4.69, 9.17) is 9.47 Å². The van der Waals surface area contributed by atoms with E-state index < -0.39 is 0 Å². The average molecular weight is 240 g/mol. The molecule has 0 aromatic carbocycles. The van der Waals surface area contributed by atoms with Crippen LogP contribution in [-0.4, -0.2) is 61.9 Å². The number of nitrogens with zero attached hydrogens (tertiary/aromatic N) is 1. The lowest BCUT2D eigenvalue weighted by molar-refractivity contribution is -0.160. The number of carbonyl (C=O) groups excluding carboxylic acids is 1. The van der Waals surface area contributed by atoms with Gasteiger partial charge >= 0.3 is 0 Å². The Hall–Kier alpha value is -0.650. The number of nitrogens with one attached hydrogen (secondary N) is 1. The molecule has 0 bridgehead atoms. The standard InChI is InChI=1S/C12H20N2O3/c1-8-4-9-5-13-6-10(9)14(8)12(15)11-7-16-2-3-17-11/h8-11,13H,2-7H2,1H3. The molecular weight excluding hydrogens is 220 g/mol. The van der Waals surface area contributed by atoms with Gasteiger partial charge in [0.05, 0.1) is 19.8 Å². The van der Waals surface area contributed by atoms with Crippen molar-refractivity contribution < 1.29 is 14.3 Å². The minimum Gasteiger partial charge on any atom is -0.376 e. The highest BCUT2D eigenvalue weighted by Crippen LogP contribution is 2.33. The van der Waals surface area contributed by atoms with Crippen molar-refractivity contribution in [3.8, 4) is 0 Å². The van der Waals surface area contributed by atoms with Crippen molar-refractivity contribution in [1.29, 1.82) is 0 Å². The largest absolute Gasteiger partial charge is 0.376 e. The average Bonchev–Trinajstić information content (AvgIpc) is 2.89. The molecule has 1 N–H and O–H groups in total. The number of likely N-dealkylation sites (tertiary alicyclic amines) is 1. The molecule has 0 saturated carbocycles. The number of ether oxygens (including phenoxy) is 2. The lowest BCUT2D eigenvalue weighted by Gasteiger charge is -2.32. The Labute approximate surface area is 101 Å². The van der Waals surface area contributed by atoms with Crippen molar-refractivity contribution in [3.05, 3.63) is 0 Å².